The van der Waals surface area contributed by atoms with Gasteiger partial charge in [0.05, 0.1) is 0 Å². The van der Waals surface area contributed by atoms with E-state index in [1.807, 2.05) is 12.1 Å². The lowest BCUT2D eigenvalue weighted by atomic mass is 10.1. The van der Waals surface area contributed by atoms with Gasteiger partial charge in [-0.25, -0.2) is 4.79 Å². The second kappa shape index (κ2) is 8.03. The molecule has 0 unspecified atom stereocenters. The molecule has 2 rings (SSSR count). The first kappa shape index (κ1) is 18.8. The van der Waals surface area contributed by atoms with E-state index in [1.54, 1.807) is 57.2 Å². The maximum absolute atomic E-state index is 12.3. The summed E-state index contributed by atoms with van der Waals surface area (Å²) >= 11 is 5.84. The van der Waals surface area contributed by atoms with E-state index in [0.29, 0.717) is 22.8 Å². The zero-order valence-electron chi connectivity index (χ0n) is 14.4. The largest absolute Gasteiger partial charge is 0.444 e. The van der Waals surface area contributed by atoms with Crippen molar-refractivity contribution in [3.05, 3.63) is 64.7 Å². The molecule has 0 aliphatic rings. The smallest absolute Gasteiger partial charge is 0.412 e. The van der Waals surface area contributed by atoms with Crippen LogP contribution in [0.5, 0.6) is 0 Å². The Hall–Kier alpha value is -2.53. The zero-order chi connectivity index (χ0) is 18.4. The number of hydrogen-bond acceptors (Lipinski definition) is 3. The molecule has 132 valence electrons. The predicted octanol–water partition coefficient (Wildman–Crippen LogP) is 4.62. The molecule has 0 aliphatic heterocycles. The van der Waals surface area contributed by atoms with Crippen LogP contribution in [-0.4, -0.2) is 17.6 Å². The van der Waals surface area contributed by atoms with E-state index in [-0.39, 0.29) is 5.91 Å². The Morgan fingerprint density at radius 3 is 2.40 bits per heavy atom. The molecular formula is C19H21ClN2O3. The Bertz CT molecular complexity index is 752. The summed E-state index contributed by atoms with van der Waals surface area (Å²) in [6.07, 6.45) is -0.564. The lowest BCUT2D eigenvalue weighted by molar-refractivity contribution is 0.0635. The lowest BCUT2D eigenvalue weighted by Crippen LogP contribution is -2.27. The van der Waals surface area contributed by atoms with E-state index in [1.165, 1.54) is 0 Å². The summed E-state index contributed by atoms with van der Waals surface area (Å²) in [7, 11) is 0. The number of carbonyl (C=O) groups is 2. The molecule has 2 N–H and O–H groups in total. The maximum Gasteiger partial charge on any atom is 0.412 e. The molecule has 0 spiro atoms. The van der Waals surface area contributed by atoms with Gasteiger partial charge in [0.15, 0.2) is 0 Å². The number of benzene rings is 2. The van der Waals surface area contributed by atoms with Crippen molar-refractivity contribution in [3.8, 4) is 0 Å². The van der Waals surface area contributed by atoms with Crippen molar-refractivity contribution in [2.75, 3.05) is 5.32 Å². The molecule has 0 saturated carbocycles. The van der Waals surface area contributed by atoms with Gasteiger partial charge >= 0.3 is 6.09 Å². The summed E-state index contributed by atoms with van der Waals surface area (Å²) in [6.45, 7) is 5.74. The van der Waals surface area contributed by atoms with Gasteiger partial charge in [0.2, 0.25) is 0 Å². The van der Waals surface area contributed by atoms with Gasteiger partial charge in [0.25, 0.3) is 5.91 Å². The topological polar surface area (TPSA) is 67.4 Å². The van der Waals surface area contributed by atoms with E-state index in [9.17, 15) is 9.59 Å². The molecule has 0 radical (unpaired) electrons. The number of halogens is 1. The third kappa shape index (κ3) is 6.47. The van der Waals surface area contributed by atoms with Crippen molar-refractivity contribution in [2.24, 2.45) is 0 Å². The van der Waals surface area contributed by atoms with Crippen LogP contribution < -0.4 is 10.6 Å². The Balaban J connectivity index is 1.96. The number of nitrogens with one attached hydrogen (secondary N) is 2. The number of rotatable bonds is 4. The summed E-state index contributed by atoms with van der Waals surface area (Å²) in [5.41, 5.74) is 1.30. The van der Waals surface area contributed by atoms with Crippen molar-refractivity contribution in [2.45, 2.75) is 32.9 Å². The van der Waals surface area contributed by atoms with Gasteiger partial charge in [0.1, 0.15) is 5.60 Å². The molecule has 6 heteroatoms. The van der Waals surface area contributed by atoms with E-state index in [2.05, 4.69) is 10.6 Å². The van der Waals surface area contributed by atoms with Crippen LogP contribution in [0.15, 0.2) is 48.5 Å². The minimum atomic E-state index is -0.586. The first-order valence-corrected chi connectivity index (χ1v) is 8.23. The van der Waals surface area contributed by atoms with Crippen LogP contribution in [0.2, 0.25) is 5.02 Å². The molecule has 0 aliphatic carbocycles. The van der Waals surface area contributed by atoms with E-state index < -0.39 is 11.7 Å². The number of ether oxygens (including phenoxy) is 1. The van der Waals surface area contributed by atoms with Crippen LogP contribution in [0, 0.1) is 0 Å². The number of hydrogen-bond donors (Lipinski definition) is 2. The molecule has 2 aromatic rings. The molecule has 25 heavy (non-hydrogen) atoms. The summed E-state index contributed by atoms with van der Waals surface area (Å²) < 4.78 is 5.20. The highest BCUT2D eigenvalue weighted by atomic mass is 35.5. The van der Waals surface area contributed by atoms with Crippen molar-refractivity contribution < 1.29 is 14.3 Å². The quantitative estimate of drug-likeness (QED) is 0.836. The second-order valence-corrected chi connectivity index (χ2v) is 6.95. The molecule has 0 bridgehead atoms. The second-order valence-electron chi connectivity index (χ2n) is 6.52. The summed E-state index contributed by atoms with van der Waals surface area (Å²) in [5.74, 6) is -0.234. The molecule has 0 fully saturated rings. The Labute approximate surface area is 152 Å². The van der Waals surface area contributed by atoms with Crippen molar-refractivity contribution in [1.29, 1.82) is 0 Å². The number of carbonyl (C=O) groups excluding carboxylic acids is 2. The lowest BCUT2D eigenvalue weighted by Gasteiger charge is -2.19. The third-order valence-corrected chi connectivity index (χ3v) is 3.39. The highest BCUT2D eigenvalue weighted by molar-refractivity contribution is 6.30. The monoisotopic (exact) mass is 360 g/mol. The summed E-state index contributed by atoms with van der Waals surface area (Å²) in [5, 5.41) is 6.09. The van der Waals surface area contributed by atoms with E-state index in [0.717, 1.165) is 5.56 Å². The number of anilines is 1. The van der Waals surface area contributed by atoms with Crippen molar-refractivity contribution in [3.63, 3.8) is 0 Å². The van der Waals surface area contributed by atoms with Gasteiger partial charge in [0, 0.05) is 22.8 Å². The molecule has 2 amide bonds. The first-order valence-electron chi connectivity index (χ1n) is 7.86. The maximum atomic E-state index is 12.3. The highest BCUT2D eigenvalue weighted by Crippen LogP contribution is 2.14. The van der Waals surface area contributed by atoms with Crippen LogP contribution >= 0.6 is 11.6 Å². The Kier molecular flexibility index (Phi) is 6.04. The van der Waals surface area contributed by atoms with Gasteiger partial charge < -0.3 is 10.1 Å². The Morgan fingerprint density at radius 2 is 1.76 bits per heavy atom. The normalized spacial score (nSPS) is 10.9. The summed E-state index contributed by atoms with van der Waals surface area (Å²) in [4.78, 5) is 24.1. The van der Waals surface area contributed by atoms with E-state index >= 15 is 0 Å². The first-order chi connectivity index (χ1) is 11.7. The van der Waals surface area contributed by atoms with Crippen LogP contribution in [0.1, 0.15) is 36.7 Å². The van der Waals surface area contributed by atoms with Gasteiger partial charge in [-0.05, 0) is 56.7 Å². The molecule has 5 nitrogen and oxygen atoms in total. The third-order valence-electron chi connectivity index (χ3n) is 3.14. The van der Waals surface area contributed by atoms with Crippen LogP contribution in [0.25, 0.3) is 0 Å². The fourth-order valence-electron chi connectivity index (χ4n) is 2.05. The predicted molar refractivity (Wildman–Crippen MR) is 98.9 cm³/mol. The molecule has 0 aromatic heterocycles. The van der Waals surface area contributed by atoms with E-state index in [4.69, 9.17) is 16.3 Å². The standard InChI is InChI=1S/C19H21ClN2O3/c1-19(2,3)25-18(24)22-16-6-4-5-14(11-16)17(23)21-12-13-7-9-15(20)10-8-13/h4-11H,12H2,1-3H3,(H,21,23)(H,22,24). The minimum absolute atomic E-state index is 0.234. The van der Waals surface area contributed by atoms with Crippen molar-refractivity contribution >= 4 is 29.3 Å². The Morgan fingerprint density at radius 1 is 1.08 bits per heavy atom. The molecule has 2 aromatic carbocycles. The minimum Gasteiger partial charge on any atom is -0.444 e. The van der Waals surface area contributed by atoms with Gasteiger partial charge in [-0.1, -0.05) is 29.8 Å². The summed E-state index contributed by atoms with van der Waals surface area (Å²) in [6, 6.07) is 13.9. The molecule has 0 atom stereocenters. The zero-order valence-corrected chi connectivity index (χ0v) is 15.2. The van der Waals surface area contributed by atoms with Crippen LogP contribution in [0.4, 0.5) is 10.5 Å². The average molecular weight is 361 g/mol. The fourth-order valence-corrected chi connectivity index (χ4v) is 2.17. The van der Waals surface area contributed by atoms with Gasteiger partial charge in [-0.2, -0.15) is 0 Å². The van der Waals surface area contributed by atoms with Gasteiger partial charge in [-0.15, -0.1) is 0 Å². The van der Waals surface area contributed by atoms with Crippen LogP contribution in [-0.2, 0) is 11.3 Å². The fraction of sp³-hybridized carbons (Fsp3) is 0.263. The molecule has 0 heterocycles. The highest BCUT2D eigenvalue weighted by Gasteiger charge is 2.16. The number of amides is 2. The van der Waals surface area contributed by atoms with Crippen molar-refractivity contribution in [1.82, 2.24) is 5.32 Å². The average Bonchev–Trinajstić information content (AvgIpc) is 2.52. The SMILES string of the molecule is CC(C)(C)OC(=O)Nc1cccc(C(=O)NCc2ccc(Cl)cc2)c1. The molecule has 0 saturated heterocycles. The van der Waals surface area contributed by atoms with Crippen LogP contribution in [0.3, 0.4) is 0 Å². The van der Waals surface area contributed by atoms with Gasteiger partial charge in [-0.3, -0.25) is 10.1 Å². The molecular weight excluding hydrogens is 340 g/mol.